The van der Waals surface area contributed by atoms with E-state index in [1.807, 2.05) is 0 Å². The van der Waals surface area contributed by atoms with Crippen LogP contribution in [0.2, 0.25) is 0 Å². The maximum atomic E-state index is 13.5. The highest BCUT2D eigenvalue weighted by atomic mass is 19.4. The molecule has 1 heterocycles. The van der Waals surface area contributed by atoms with Gasteiger partial charge in [-0.3, -0.25) is 0 Å². The van der Waals surface area contributed by atoms with Crippen LogP contribution in [0.4, 0.5) is 13.2 Å². The number of unbranched alkanes of at least 4 members (excludes halogenated alkanes) is 1. The van der Waals surface area contributed by atoms with Gasteiger partial charge in [-0.1, -0.05) is 30.3 Å². The summed E-state index contributed by atoms with van der Waals surface area (Å²) in [6, 6.07) is 8.14. The second-order valence-corrected chi connectivity index (χ2v) is 5.62. The van der Waals surface area contributed by atoms with Gasteiger partial charge in [0.1, 0.15) is 12.5 Å². The number of hydrogen-bond acceptors (Lipinski definition) is 4. The predicted octanol–water partition coefficient (Wildman–Crippen LogP) is 3.99. The zero-order valence-corrected chi connectivity index (χ0v) is 13.4. The molecule has 5 nitrogen and oxygen atoms in total. The zero-order chi connectivity index (χ0) is 18.3. The van der Waals surface area contributed by atoms with Crippen molar-refractivity contribution in [2.45, 2.75) is 50.4 Å². The Morgan fingerprint density at radius 1 is 1.12 bits per heavy atom. The topological polar surface area (TPSA) is 65.0 Å². The first-order valence-electron chi connectivity index (χ1n) is 7.79. The fraction of sp³-hybridized carbons (Fsp3) is 0.471. The molecule has 1 aliphatic heterocycles. The molecule has 0 spiro atoms. The molecule has 8 heteroatoms. The number of aliphatic carboxylic acids is 1. The van der Waals surface area contributed by atoms with Crippen molar-refractivity contribution >= 4 is 5.97 Å². The molecule has 25 heavy (non-hydrogen) atoms. The molecule has 0 fully saturated rings. The summed E-state index contributed by atoms with van der Waals surface area (Å²) in [4.78, 5) is 11.4. The maximum absolute atomic E-state index is 13.5. The molecule has 0 aromatic heterocycles. The lowest BCUT2D eigenvalue weighted by molar-refractivity contribution is -0.281. The van der Waals surface area contributed by atoms with E-state index < -0.39 is 37.1 Å². The van der Waals surface area contributed by atoms with Crippen molar-refractivity contribution in [2.75, 3.05) is 0 Å². The highest BCUT2D eigenvalue weighted by Gasteiger charge is 2.61. The third-order valence-electron chi connectivity index (χ3n) is 3.87. The Bertz CT molecular complexity index is 580. The van der Waals surface area contributed by atoms with Crippen LogP contribution in [0.5, 0.6) is 0 Å². The number of hydrogen-bond donors (Lipinski definition) is 1. The number of ether oxygens (including phenoxy) is 3. The number of benzene rings is 1. The van der Waals surface area contributed by atoms with Crippen molar-refractivity contribution in [3.8, 4) is 0 Å². The fourth-order valence-corrected chi connectivity index (χ4v) is 2.46. The van der Waals surface area contributed by atoms with Crippen molar-refractivity contribution in [3.63, 3.8) is 0 Å². The Hall–Kier alpha value is -2.22. The molecule has 1 aromatic carbocycles. The summed E-state index contributed by atoms with van der Waals surface area (Å²) < 4.78 is 55.5. The van der Waals surface area contributed by atoms with Crippen LogP contribution in [-0.4, -0.2) is 29.1 Å². The fourth-order valence-electron chi connectivity index (χ4n) is 2.46. The summed E-state index contributed by atoms with van der Waals surface area (Å²) in [5, 5.41) is 9.24. The first-order valence-corrected chi connectivity index (χ1v) is 7.79. The highest BCUT2D eigenvalue weighted by molar-refractivity contribution is 5.78. The summed E-state index contributed by atoms with van der Waals surface area (Å²) in [5.41, 5.74) is -2.77. The molecular weight excluding hydrogens is 341 g/mol. The number of rotatable bonds is 9. The van der Waals surface area contributed by atoms with Gasteiger partial charge < -0.3 is 19.3 Å². The minimum absolute atomic E-state index is 0.00379. The molecule has 0 amide bonds. The van der Waals surface area contributed by atoms with Gasteiger partial charge in [0, 0.05) is 6.42 Å². The first-order chi connectivity index (χ1) is 11.8. The number of carboxylic acid groups (broad SMARTS) is 1. The lowest BCUT2D eigenvalue weighted by Crippen LogP contribution is -2.54. The van der Waals surface area contributed by atoms with Crippen LogP contribution >= 0.6 is 0 Å². The Labute approximate surface area is 143 Å². The van der Waals surface area contributed by atoms with Crippen molar-refractivity contribution < 1.29 is 37.3 Å². The minimum atomic E-state index is -5.03. The first kappa shape index (κ1) is 19.1. The van der Waals surface area contributed by atoms with Crippen molar-refractivity contribution in [2.24, 2.45) is 0 Å². The van der Waals surface area contributed by atoms with E-state index in [-0.39, 0.29) is 6.42 Å². The predicted molar refractivity (Wildman–Crippen MR) is 81.2 cm³/mol. The largest absolute Gasteiger partial charge is 0.479 e. The average Bonchev–Trinajstić information content (AvgIpc) is 3.07. The third kappa shape index (κ3) is 4.88. The van der Waals surface area contributed by atoms with Gasteiger partial charge in [0.05, 0.1) is 6.61 Å². The van der Waals surface area contributed by atoms with E-state index in [0.717, 1.165) is 0 Å². The highest BCUT2D eigenvalue weighted by Crippen LogP contribution is 2.39. The van der Waals surface area contributed by atoms with Crippen LogP contribution in [-0.2, 0) is 25.6 Å². The second kappa shape index (κ2) is 8.24. The Morgan fingerprint density at radius 3 is 2.32 bits per heavy atom. The normalized spacial score (nSPS) is 16.9. The average molecular weight is 360 g/mol. The Kier molecular flexibility index (Phi) is 6.30. The van der Waals surface area contributed by atoms with Gasteiger partial charge in [-0.25, -0.2) is 4.79 Å². The zero-order valence-electron chi connectivity index (χ0n) is 13.4. The summed E-state index contributed by atoms with van der Waals surface area (Å²) >= 11 is 0. The van der Waals surface area contributed by atoms with Crippen molar-refractivity contribution in [3.05, 3.63) is 48.4 Å². The van der Waals surface area contributed by atoms with E-state index >= 15 is 0 Å². The Morgan fingerprint density at radius 2 is 1.76 bits per heavy atom. The van der Waals surface area contributed by atoms with E-state index in [9.17, 15) is 23.1 Å². The Balaban J connectivity index is 1.98. The van der Waals surface area contributed by atoms with Gasteiger partial charge in [-0.05, 0) is 24.8 Å². The van der Waals surface area contributed by atoms with Gasteiger partial charge in [0.2, 0.25) is 6.29 Å². The molecule has 0 radical (unpaired) electrons. The van der Waals surface area contributed by atoms with Crippen LogP contribution in [0.1, 0.15) is 31.2 Å². The SMILES string of the molecule is O=C(O)C(CCCCC1OC=CO1)(OCc1ccccc1)C(F)(F)F. The molecule has 0 saturated carbocycles. The molecule has 1 N–H and O–H groups in total. The number of carbonyl (C=O) groups is 1. The minimum Gasteiger partial charge on any atom is -0.479 e. The van der Waals surface area contributed by atoms with E-state index in [0.29, 0.717) is 18.4 Å². The number of alkyl halides is 3. The van der Waals surface area contributed by atoms with Gasteiger partial charge in [0.15, 0.2) is 0 Å². The molecule has 0 saturated heterocycles. The molecule has 1 atom stereocenters. The molecule has 1 aliphatic rings. The van der Waals surface area contributed by atoms with Gasteiger partial charge in [0.25, 0.3) is 5.60 Å². The van der Waals surface area contributed by atoms with Gasteiger partial charge in [-0.15, -0.1) is 0 Å². The van der Waals surface area contributed by atoms with Crippen molar-refractivity contribution in [1.82, 2.24) is 0 Å². The van der Waals surface area contributed by atoms with Gasteiger partial charge in [-0.2, -0.15) is 13.2 Å². The van der Waals surface area contributed by atoms with Crippen LogP contribution in [0.25, 0.3) is 0 Å². The molecule has 1 aromatic rings. The summed E-state index contributed by atoms with van der Waals surface area (Å²) in [7, 11) is 0. The van der Waals surface area contributed by atoms with E-state index in [4.69, 9.17) is 14.2 Å². The van der Waals surface area contributed by atoms with E-state index in [1.165, 1.54) is 12.5 Å². The second-order valence-electron chi connectivity index (χ2n) is 5.62. The maximum Gasteiger partial charge on any atom is 0.428 e. The van der Waals surface area contributed by atoms with E-state index in [1.54, 1.807) is 30.3 Å². The van der Waals surface area contributed by atoms with E-state index in [2.05, 4.69) is 0 Å². The van der Waals surface area contributed by atoms with Crippen LogP contribution in [0.15, 0.2) is 42.9 Å². The third-order valence-corrected chi connectivity index (χ3v) is 3.87. The number of halogens is 3. The van der Waals surface area contributed by atoms with Crippen LogP contribution in [0.3, 0.4) is 0 Å². The monoisotopic (exact) mass is 360 g/mol. The van der Waals surface area contributed by atoms with Gasteiger partial charge >= 0.3 is 12.1 Å². The standard InChI is InChI=1S/C17H19F3O5/c18-17(19,20)16(15(21)22,25-12-13-6-2-1-3-7-13)9-5-4-8-14-23-10-11-24-14/h1-3,6-7,10-11,14H,4-5,8-9,12H2,(H,21,22). The molecule has 0 aliphatic carbocycles. The van der Waals surface area contributed by atoms with Crippen LogP contribution < -0.4 is 0 Å². The summed E-state index contributed by atoms with van der Waals surface area (Å²) in [5.74, 6) is -2.04. The summed E-state index contributed by atoms with van der Waals surface area (Å²) in [6.07, 6.45) is -2.87. The molecule has 138 valence electrons. The lowest BCUT2D eigenvalue weighted by Gasteiger charge is -2.31. The summed E-state index contributed by atoms with van der Waals surface area (Å²) in [6.45, 7) is -0.439. The lowest BCUT2D eigenvalue weighted by atomic mass is 9.94. The number of carboxylic acids is 1. The molecular formula is C17H19F3O5. The molecule has 0 bridgehead atoms. The van der Waals surface area contributed by atoms with Crippen molar-refractivity contribution in [1.29, 1.82) is 0 Å². The molecule has 1 unspecified atom stereocenters. The molecule has 2 rings (SSSR count). The van der Waals surface area contributed by atoms with Crippen LogP contribution in [0, 0.1) is 0 Å². The smallest absolute Gasteiger partial charge is 0.428 e. The quantitative estimate of drug-likeness (QED) is 0.675.